The van der Waals surface area contributed by atoms with Gasteiger partial charge in [-0.1, -0.05) is 17.4 Å². The molecule has 0 aliphatic carbocycles. The average molecular weight is 530 g/mol. The third-order valence-corrected chi connectivity index (χ3v) is 7.03. The van der Waals surface area contributed by atoms with Crippen LogP contribution in [0.5, 0.6) is 0 Å². The summed E-state index contributed by atoms with van der Waals surface area (Å²) in [7, 11) is 1.90. The minimum Gasteiger partial charge on any atom is -0.444 e. The smallest absolute Gasteiger partial charge is 0.410 e. The van der Waals surface area contributed by atoms with Gasteiger partial charge < -0.3 is 30.3 Å². The molecule has 202 valence electrons. The highest BCUT2D eigenvalue weighted by Crippen LogP contribution is 2.31. The van der Waals surface area contributed by atoms with Crippen LogP contribution in [0.25, 0.3) is 6.08 Å². The van der Waals surface area contributed by atoms with E-state index < -0.39 is 5.60 Å². The molecule has 2 fully saturated rings. The molecule has 1 amide bonds. The number of amides is 1. The van der Waals surface area contributed by atoms with Crippen molar-refractivity contribution in [2.75, 3.05) is 62.4 Å². The average Bonchev–Trinajstić information content (AvgIpc) is 3.45. The van der Waals surface area contributed by atoms with Crippen LogP contribution in [0.3, 0.4) is 0 Å². The number of hydrogen-bond donors (Lipinski definition) is 3. The second-order valence-electron chi connectivity index (χ2n) is 10.3. The van der Waals surface area contributed by atoms with E-state index in [1.54, 1.807) is 16.2 Å². The van der Waals surface area contributed by atoms with Gasteiger partial charge in [0.25, 0.3) is 0 Å². The molecular weight excluding hydrogens is 490 g/mol. The number of carbonyl (C=O) groups excluding carboxylic acids is 1. The number of thiazole rings is 1. The van der Waals surface area contributed by atoms with Crippen molar-refractivity contribution in [3.05, 3.63) is 29.5 Å². The maximum Gasteiger partial charge on any atom is 0.410 e. The van der Waals surface area contributed by atoms with Crippen LogP contribution in [-0.4, -0.2) is 83.9 Å². The Morgan fingerprint density at radius 3 is 2.68 bits per heavy atom. The fraction of sp³-hybridized carbons (Fsp3) is 0.577. The fourth-order valence-electron chi connectivity index (χ4n) is 4.36. The molecule has 4 rings (SSSR count). The van der Waals surface area contributed by atoms with Crippen LogP contribution in [0.15, 0.2) is 18.2 Å². The standard InChI is InChI=1S/C26H39N7O3S/c1-6-7-20-23(27-5)37-24(29-20)31-22-15-18(16-32-10-12-35-13-11-32)14-21(30-22)28-19-8-9-33(17-19)25(34)36-26(2,3)4/h6-7,14-15,19,27H,8-13,16-17H2,1-5H3,(H2,28,29,30,31). The molecule has 2 aliphatic rings. The molecule has 2 aromatic heterocycles. The third kappa shape index (κ3) is 7.80. The zero-order valence-corrected chi connectivity index (χ0v) is 23.3. The van der Waals surface area contributed by atoms with Gasteiger partial charge >= 0.3 is 6.09 Å². The first-order valence-corrected chi connectivity index (χ1v) is 13.7. The Bertz CT molecular complexity index is 1090. The lowest BCUT2D eigenvalue weighted by Gasteiger charge is -2.27. The van der Waals surface area contributed by atoms with E-state index in [9.17, 15) is 4.79 Å². The molecule has 4 heterocycles. The summed E-state index contributed by atoms with van der Waals surface area (Å²) in [6, 6.07) is 4.28. The third-order valence-electron chi connectivity index (χ3n) is 6.03. The number of aromatic nitrogens is 2. The van der Waals surface area contributed by atoms with Crippen molar-refractivity contribution in [1.29, 1.82) is 0 Å². The van der Waals surface area contributed by atoms with Crippen molar-refractivity contribution in [3.8, 4) is 0 Å². The van der Waals surface area contributed by atoms with Crippen molar-refractivity contribution in [1.82, 2.24) is 19.8 Å². The number of ether oxygens (including phenoxy) is 2. The Balaban J connectivity index is 1.50. The number of rotatable bonds is 8. The lowest BCUT2D eigenvalue weighted by Crippen LogP contribution is -2.36. The predicted molar refractivity (Wildman–Crippen MR) is 150 cm³/mol. The van der Waals surface area contributed by atoms with Crippen LogP contribution in [0, 0.1) is 0 Å². The first kappa shape index (κ1) is 27.2. The molecule has 0 saturated carbocycles. The Morgan fingerprint density at radius 1 is 1.22 bits per heavy atom. The maximum atomic E-state index is 12.5. The molecule has 0 radical (unpaired) electrons. The van der Waals surface area contributed by atoms with Gasteiger partial charge in [0, 0.05) is 45.8 Å². The van der Waals surface area contributed by atoms with E-state index in [-0.39, 0.29) is 12.1 Å². The number of hydrogen-bond acceptors (Lipinski definition) is 10. The maximum absolute atomic E-state index is 12.5. The summed E-state index contributed by atoms with van der Waals surface area (Å²) < 4.78 is 11.1. The molecule has 3 N–H and O–H groups in total. The quantitative estimate of drug-likeness (QED) is 0.452. The van der Waals surface area contributed by atoms with Gasteiger partial charge in [0.2, 0.25) is 0 Å². The molecule has 0 bridgehead atoms. The summed E-state index contributed by atoms with van der Waals surface area (Å²) >= 11 is 1.55. The van der Waals surface area contributed by atoms with E-state index >= 15 is 0 Å². The first-order valence-electron chi connectivity index (χ1n) is 12.9. The molecule has 2 saturated heterocycles. The predicted octanol–water partition coefficient (Wildman–Crippen LogP) is 4.61. The summed E-state index contributed by atoms with van der Waals surface area (Å²) in [4.78, 5) is 26.2. The van der Waals surface area contributed by atoms with E-state index in [1.165, 1.54) is 0 Å². The molecule has 2 aromatic rings. The number of pyridine rings is 1. The van der Waals surface area contributed by atoms with E-state index in [4.69, 9.17) is 19.4 Å². The number of nitrogens with one attached hydrogen (secondary N) is 3. The van der Waals surface area contributed by atoms with Crippen molar-refractivity contribution in [2.24, 2.45) is 0 Å². The van der Waals surface area contributed by atoms with Gasteiger partial charge in [0.05, 0.1) is 18.9 Å². The highest BCUT2D eigenvalue weighted by Gasteiger charge is 2.30. The van der Waals surface area contributed by atoms with Gasteiger partial charge in [0.1, 0.15) is 22.2 Å². The molecular formula is C26H39N7O3S. The second-order valence-corrected chi connectivity index (χ2v) is 11.3. The molecule has 10 nitrogen and oxygen atoms in total. The minimum absolute atomic E-state index is 0.101. The van der Waals surface area contributed by atoms with Crippen LogP contribution >= 0.6 is 11.3 Å². The van der Waals surface area contributed by atoms with Gasteiger partial charge in [0.15, 0.2) is 5.13 Å². The Morgan fingerprint density at radius 2 is 1.97 bits per heavy atom. The van der Waals surface area contributed by atoms with Crippen molar-refractivity contribution in [2.45, 2.75) is 52.3 Å². The molecule has 11 heteroatoms. The van der Waals surface area contributed by atoms with Gasteiger partial charge in [-0.3, -0.25) is 4.90 Å². The van der Waals surface area contributed by atoms with E-state index in [0.29, 0.717) is 13.1 Å². The number of nitrogens with zero attached hydrogens (tertiary/aromatic N) is 4. The van der Waals surface area contributed by atoms with Crippen molar-refractivity contribution < 1.29 is 14.3 Å². The second kappa shape index (κ2) is 12.1. The summed E-state index contributed by atoms with van der Waals surface area (Å²) in [6.45, 7) is 13.0. The Hall–Kier alpha value is -2.89. The van der Waals surface area contributed by atoms with Gasteiger partial charge in [-0.15, -0.1) is 0 Å². The molecule has 1 unspecified atom stereocenters. The van der Waals surface area contributed by atoms with Crippen LogP contribution < -0.4 is 16.0 Å². The normalized spacial score (nSPS) is 18.8. The highest BCUT2D eigenvalue weighted by atomic mass is 32.1. The first-order chi connectivity index (χ1) is 17.7. The van der Waals surface area contributed by atoms with Crippen molar-refractivity contribution in [3.63, 3.8) is 0 Å². The lowest BCUT2D eigenvalue weighted by atomic mass is 10.2. The van der Waals surface area contributed by atoms with Gasteiger partial charge in [-0.05, 0) is 57.9 Å². The number of allylic oxidation sites excluding steroid dienone is 1. The molecule has 2 aliphatic heterocycles. The number of carbonyl (C=O) groups is 1. The zero-order chi connectivity index (χ0) is 26.4. The highest BCUT2D eigenvalue weighted by molar-refractivity contribution is 7.19. The fourth-order valence-corrected chi connectivity index (χ4v) is 5.17. The molecule has 0 spiro atoms. The SMILES string of the molecule is CC=Cc1nc(Nc2cc(CN3CCOCC3)cc(NC3CCN(C(=O)OC(C)(C)C)C3)n2)sc1NC. The van der Waals surface area contributed by atoms with Crippen LogP contribution in [0.1, 0.15) is 45.4 Å². The number of anilines is 4. The largest absolute Gasteiger partial charge is 0.444 e. The minimum atomic E-state index is -0.506. The summed E-state index contributed by atoms with van der Waals surface area (Å²) in [5.41, 5.74) is 1.55. The Labute approximate surface area is 223 Å². The lowest BCUT2D eigenvalue weighted by molar-refractivity contribution is 0.0293. The van der Waals surface area contributed by atoms with E-state index in [0.717, 1.165) is 72.3 Å². The number of morpholine rings is 1. The topological polar surface area (TPSA) is 104 Å². The summed E-state index contributed by atoms with van der Waals surface area (Å²) in [5, 5.41) is 11.9. The van der Waals surface area contributed by atoms with Gasteiger partial charge in [-0.25, -0.2) is 14.8 Å². The van der Waals surface area contributed by atoms with Crippen molar-refractivity contribution >= 4 is 45.3 Å². The monoisotopic (exact) mass is 529 g/mol. The Kier molecular flexibility index (Phi) is 8.88. The number of likely N-dealkylation sites (tertiary alicyclic amines) is 1. The molecule has 37 heavy (non-hydrogen) atoms. The van der Waals surface area contributed by atoms with Gasteiger partial charge in [-0.2, -0.15) is 0 Å². The molecule has 0 aromatic carbocycles. The molecule has 1 atom stereocenters. The van der Waals surface area contributed by atoms with E-state index in [1.807, 2.05) is 46.9 Å². The summed E-state index contributed by atoms with van der Waals surface area (Å²) in [5.74, 6) is 1.52. The zero-order valence-electron chi connectivity index (χ0n) is 22.5. The summed E-state index contributed by atoms with van der Waals surface area (Å²) in [6.07, 6.45) is 4.53. The van der Waals surface area contributed by atoms with E-state index in [2.05, 4.69) is 33.0 Å². The van der Waals surface area contributed by atoms with Crippen LogP contribution in [-0.2, 0) is 16.0 Å². The van der Waals surface area contributed by atoms with Crippen LogP contribution in [0.2, 0.25) is 0 Å². The van der Waals surface area contributed by atoms with Crippen LogP contribution in [0.4, 0.5) is 26.6 Å².